The average Bonchev–Trinajstić information content (AvgIpc) is 2.43. The molecular formula is C15H18F3NO3. The summed E-state index contributed by atoms with van der Waals surface area (Å²) >= 11 is 0. The number of hydrogen-bond acceptors (Lipinski definition) is 2. The Bertz CT molecular complexity index is 496. The Labute approximate surface area is 126 Å². The Balaban J connectivity index is 0.000000534. The Morgan fingerprint density at radius 2 is 1.73 bits per heavy atom. The fourth-order valence-corrected chi connectivity index (χ4v) is 1.36. The maximum Gasteiger partial charge on any atom is 0.416 e. The Kier molecular flexibility index (Phi) is 8.59. The van der Waals surface area contributed by atoms with E-state index in [-0.39, 0.29) is 18.7 Å². The van der Waals surface area contributed by atoms with E-state index in [4.69, 9.17) is 10.8 Å². The molecule has 0 fully saturated rings. The fraction of sp³-hybridized carbons (Fsp3) is 0.333. The highest BCUT2D eigenvalue weighted by molar-refractivity contribution is 5.73. The number of carboxylic acid groups (broad SMARTS) is 1. The van der Waals surface area contributed by atoms with E-state index >= 15 is 0 Å². The molecule has 7 heteroatoms. The molecule has 1 amide bonds. The second-order valence-electron chi connectivity index (χ2n) is 4.38. The maximum absolute atomic E-state index is 12.1. The zero-order valence-electron chi connectivity index (χ0n) is 11.9. The number of aryl methyl sites for hydroxylation is 1. The summed E-state index contributed by atoms with van der Waals surface area (Å²) < 4.78 is 36.4. The number of benzene rings is 1. The molecule has 0 unspecified atom stereocenters. The number of alkyl halides is 3. The van der Waals surface area contributed by atoms with Gasteiger partial charge in [0.05, 0.1) is 5.56 Å². The van der Waals surface area contributed by atoms with Crippen molar-refractivity contribution >= 4 is 11.9 Å². The number of amides is 1. The molecule has 0 aliphatic rings. The molecule has 0 spiro atoms. The second kappa shape index (κ2) is 9.59. The van der Waals surface area contributed by atoms with Gasteiger partial charge < -0.3 is 10.8 Å². The van der Waals surface area contributed by atoms with Crippen molar-refractivity contribution in [1.82, 2.24) is 0 Å². The normalized spacial score (nSPS) is 10.3. The minimum Gasteiger partial charge on any atom is -0.481 e. The molecule has 1 aromatic carbocycles. The van der Waals surface area contributed by atoms with Crippen LogP contribution in [0.5, 0.6) is 0 Å². The maximum atomic E-state index is 12.1. The van der Waals surface area contributed by atoms with Gasteiger partial charge in [-0.1, -0.05) is 18.2 Å². The highest BCUT2D eigenvalue weighted by Gasteiger charge is 2.29. The van der Waals surface area contributed by atoms with Gasteiger partial charge in [-0.25, -0.2) is 0 Å². The lowest BCUT2D eigenvalue weighted by Crippen LogP contribution is -2.08. The van der Waals surface area contributed by atoms with Crippen LogP contribution in [0.3, 0.4) is 0 Å². The lowest BCUT2D eigenvalue weighted by atomic mass is 10.1. The smallest absolute Gasteiger partial charge is 0.416 e. The number of rotatable bonds is 6. The van der Waals surface area contributed by atoms with Gasteiger partial charge in [-0.3, -0.25) is 9.59 Å². The minimum absolute atomic E-state index is 0.0780. The van der Waals surface area contributed by atoms with Gasteiger partial charge in [0.2, 0.25) is 5.91 Å². The van der Waals surface area contributed by atoms with E-state index in [9.17, 15) is 22.8 Å². The zero-order valence-corrected chi connectivity index (χ0v) is 11.9. The van der Waals surface area contributed by atoms with Crippen molar-refractivity contribution in [2.45, 2.75) is 31.9 Å². The first kappa shape index (κ1) is 19.7. The van der Waals surface area contributed by atoms with Crippen molar-refractivity contribution < 1.29 is 27.9 Å². The van der Waals surface area contributed by atoms with E-state index in [1.54, 1.807) is 6.08 Å². The number of carboxylic acids is 1. The molecule has 1 aromatic rings. The second-order valence-corrected chi connectivity index (χ2v) is 4.38. The van der Waals surface area contributed by atoms with Crippen LogP contribution < -0.4 is 5.73 Å². The van der Waals surface area contributed by atoms with Gasteiger partial charge in [0.25, 0.3) is 0 Å². The number of carbonyl (C=O) groups is 2. The summed E-state index contributed by atoms with van der Waals surface area (Å²) in [5, 5.41) is 8.38. The van der Waals surface area contributed by atoms with Gasteiger partial charge >= 0.3 is 12.1 Å². The molecule has 0 aliphatic heterocycles. The topological polar surface area (TPSA) is 80.4 Å². The molecule has 1 rings (SSSR count). The number of allylic oxidation sites excluding steroid dienone is 1. The summed E-state index contributed by atoms with van der Waals surface area (Å²) in [6, 6.07) is 4.51. The van der Waals surface area contributed by atoms with E-state index in [1.165, 1.54) is 12.1 Å². The van der Waals surface area contributed by atoms with Crippen molar-refractivity contribution in [2.75, 3.05) is 0 Å². The van der Waals surface area contributed by atoms with E-state index in [1.807, 2.05) is 0 Å². The summed E-state index contributed by atoms with van der Waals surface area (Å²) in [7, 11) is 0. The van der Waals surface area contributed by atoms with Crippen molar-refractivity contribution in [3.8, 4) is 0 Å². The predicted molar refractivity (Wildman–Crippen MR) is 76.0 cm³/mol. The molecule has 0 bridgehead atoms. The van der Waals surface area contributed by atoms with E-state index < -0.39 is 17.7 Å². The van der Waals surface area contributed by atoms with Crippen LogP contribution in [0.15, 0.2) is 36.9 Å². The van der Waals surface area contributed by atoms with Crippen LogP contribution in [-0.2, 0) is 22.2 Å². The van der Waals surface area contributed by atoms with Crippen molar-refractivity contribution in [1.29, 1.82) is 0 Å². The molecule has 0 saturated carbocycles. The molecule has 0 aliphatic carbocycles. The first-order valence-electron chi connectivity index (χ1n) is 6.44. The van der Waals surface area contributed by atoms with Crippen molar-refractivity contribution in [3.05, 3.63) is 48.0 Å². The van der Waals surface area contributed by atoms with Gasteiger partial charge in [-0.05, 0) is 30.5 Å². The highest BCUT2D eigenvalue weighted by atomic mass is 19.4. The lowest BCUT2D eigenvalue weighted by Gasteiger charge is -2.06. The van der Waals surface area contributed by atoms with Gasteiger partial charge in [-0.2, -0.15) is 13.2 Å². The van der Waals surface area contributed by atoms with Gasteiger partial charge in [0.1, 0.15) is 0 Å². The van der Waals surface area contributed by atoms with E-state index in [0.717, 1.165) is 12.1 Å². The van der Waals surface area contributed by atoms with Crippen molar-refractivity contribution in [3.63, 3.8) is 0 Å². The molecule has 0 heterocycles. The third kappa shape index (κ3) is 9.57. The number of nitrogens with two attached hydrogens (primary N) is 1. The summed E-state index contributed by atoms with van der Waals surface area (Å²) in [5.41, 5.74) is 4.66. The first-order valence-corrected chi connectivity index (χ1v) is 6.44. The molecule has 0 radical (unpaired) electrons. The van der Waals surface area contributed by atoms with Crippen LogP contribution in [0.25, 0.3) is 0 Å². The summed E-state index contributed by atoms with van der Waals surface area (Å²) in [5.74, 6) is -1.23. The fourth-order valence-electron chi connectivity index (χ4n) is 1.36. The molecular weight excluding hydrogens is 299 g/mol. The molecule has 4 nitrogen and oxygen atoms in total. The number of aliphatic carboxylic acids is 1. The highest BCUT2D eigenvalue weighted by Crippen LogP contribution is 2.29. The molecule has 122 valence electrons. The number of primary amides is 1. The van der Waals surface area contributed by atoms with Crippen LogP contribution in [0.1, 0.15) is 30.4 Å². The van der Waals surface area contributed by atoms with Crippen LogP contribution >= 0.6 is 0 Å². The van der Waals surface area contributed by atoms with Crippen LogP contribution in [0, 0.1) is 0 Å². The average molecular weight is 317 g/mol. The molecule has 0 atom stereocenters. The zero-order chi connectivity index (χ0) is 17.2. The Morgan fingerprint density at radius 1 is 1.18 bits per heavy atom. The molecule has 22 heavy (non-hydrogen) atoms. The van der Waals surface area contributed by atoms with Crippen LogP contribution in [0.2, 0.25) is 0 Å². The summed E-state index contributed by atoms with van der Waals surface area (Å²) in [6.45, 7) is 3.42. The first-order chi connectivity index (χ1) is 10.2. The van der Waals surface area contributed by atoms with E-state index in [2.05, 4.69) is 6.58 Å². The quantitative estimate of drug-likeness (QED) is 0.791. The number of halogens is 3. The SMILES string of the molecule is C=CCCC(N)=O.O=C(O)CCc1ccc(C(F)(F)F)cc1. The number of carbonyl (C=O) groups excluding carboxylic acids is 1. The summed E-state index contributed by atoms with van der Waals surface area (Å²) in [6.07, 6.45) is -1.40. The predicted octanol–water partition coefficient (Wildman–Crippen LogP) is 3.16. The van der Waals surface area contributed by atoms with Gasteiger partial charge in [0, 0.05) is 12.8 Å². The van der Waals surface area contributed by atoms with E-state index in [0.29, 0.717) is 18.4 Å². The standard InChI is InChI=1S/C10H9F3O2.C5H9NO/c11-10(12,13)8-4-1-7(2-5-8)3-6-9(14)15;1-2-3-4-5(6)7/h1-2,4-5H,3,6H2,(H,14,15);2H,1,3-4H2,(H2,6,7). The Morgan fingerprint density at radius 3 is 2.05 bits per heavy atom. The molecule has 0 saturated heterocycles. The molecule has 0 aromatic heterocycles. The van der Waals surface area contributed by atoms with Crippen molar-refractivity contribution in [2.24, 2.45) is 5.73 Å². The number of hydrogen-bond donors (Lipinski definition) is 2. The van der Waals surface area contributed by atoms with Crippen LogP contribution in [-0.4, -0.2) is 17.0 Å². The lowest BCUT2D eigenvalue weighted by molar-refractivity contribution is -0.138. The monoisotopic (exact) mass is 317 g/mol. The van der Waals surface area contributed by atoms with Gasteiger partial charge in [0.15, 0.2) is 0 Å². The largest absolute Gasteiger partial charge is 0.481 e. The molecule has 3 N–H and O–H groups in total. The van der Waals surface area contributed by atoms with Gasteiger partial charge in [-0.15, -0.1) is 6.58 Å². The Hall–Kier alpha value is -2.31. The summed E-state index contributed by atoms with van der Waals surface area (Å²) in [4.78, 5) is 20.2. The third-order valence-corrected chi connectivity index (χ3v) is 2.50. The third-order valence-electron chi connectivity index (χ3n) is 2.50. The minimum atomic E-state index is -4.34. The van der Waals surface area contributed by atoms with Crippen LogP contribution in [0.4, 0.5) is 13.2 Å².